The van der Waals surface area contributed by atoms with Crippen molar-refractivity contribution >= 4 is 17.2 Å². The van der Waals surface area contributed by atoms with Crippen LogP contribution in [0.4, 0.5) is 0 Å². The van der Waals surface area contributed by atoms with Gasteiger partial charge in [0, 0.05) is 23.4 Å². The van der Waals surface area contributed by atoms with E-state index in [-0.39, 0.29) is 5.91 Å². The highest BCUT2D eigenvalue weighted by atomic mass is 32.1. The zero-order valence-electron chi connectivity index (χ0n) is 12.1. The molecule has 21 heavy (non-hydrogen) atoms. The van der Waals surface area contributed by atoms with Gasteiger partial charge in [-0.15, -0.1) is 11.3 Å². The molecule has 1 N–H and O–H groups in total. The SMILES string of the molecule is CCc1nc(CCNC(=O)c2cccc(C#N)c2)sc1C. The molecule has 0 unspecified atom stereocenters. The highest BCUT2D eigenvalue weighted by molar-refractivity contribution is 7.11. The average molecular weight is 299 g/mol. The maximum absolute atomic E-state index is 12.0. The summed E-state index contributed by atoms with van der Waals surface area (Å²) in [6.07, 6.45) is 1.67. The van der Waals surface area contributed by atoms with E-state index in [9.17, 15) is 4.79 Å². The summed E-state index contributed by atoms with van der Waals surface area (Å²) >= 11 is 1.69. The number of nitrogens with one attached hydrogen (secondary N) is 1. The minimum Gasteiger partial charge on any atom is -0.352 e. The largest absolute Gasteiger partial charge is 0.352 e. The highest BCUT2D eigenvalue weighted by Crippen LogP contribution is 2.18. The molecule has 2 aromatic rings. The van der Waals surface area contributed by atoms with Crippen molar-refractivity contribution < 1.29 is 4.79 Å². The van der Waals surface area contributed by atoms with Crippen LogP contribution in [0.1, 0.15) is 38.4 Å². The Morgan fingerprint density at radius 1 is 1.48 bits per heavy atom. The van der Waals surface area contributed by atoms with Gasteiger partial charge in [0.15, 0.2) is 0 Å². The van der Waals surface area contributed by atoms with E-state index >= 15 is 0 Å². The number of amides is 1. The minimum atomic E-state index is -0.156. The Hall–Kier alpha value is -2.19. The van der Waals surface area contributed by atoms with Crippen LogP contribution in [-0.2, 0) is 12.8 Å². The Balaban J connectivity index is 1.90. The van der Waals surface area contributed by atoms with Gasteiger partial charge in [0.05, 0.1) is 22.3 Å². The summed E-state index contributed by atoms with van der Waals surface area (Å²) in [5.74, 6) is -0.156. The lowest BCUT2D eigenvalue weighted by atomic mass is 10.1. The Morgan fingerprint density at radius 3 is 2.95 bits per heavy atom. The molecular weight excluding hydrogens is 282 g/mol. The maximum atomic E-state index is 12.0. The molecule has 1 amide bonds. The van der Waals surface area contributed by atoms with E-state index in [0.717, 1.165) is 23.5 Å². The molecule has 0 saturated carbocycles. The predicted molar refractivity (Wildman–Crippen MR) is 83.4 cm³/mol. The highest BCUT2D eigenvalue weighted by Gasteiger charge is 2.08. The van der Waals surface area contributed by atoms with E-state index in [1.165, 1.54) is 4.88 Å². The number of nitriles is 1. The van der Waals surface area contributed by atoms with Gasteiger partial charge in [-0.05, 0) is 31.5 Å². The lowest BCUT2D eigenvalue weighted by Gasteiger charge is -2.04. The molecule has 0 saturated heterocycles. The fraction of sp³-hybridized carbons (Fsp3) is 0.312. The first kappa shape index (κ1) is 15.2. The van der Waals surface area contributed by atoms with Gasteiger partial charge in [0.25, 0.3) is 5.91 Å². The molecule has 1 heterocycles. The van der Waals surface area contributed by atoms with Crippen LogP contribution in [0.2, 0.25) is 0 Å². The normalized spacial score (nSPS) is 10.1. The Morgan fingerprint density at radius 2 is 2.29 bits per heavy atom. The molecule has 0 aliphatic rings. The fourth-order valence-electron chi connectivity index (χ4n) is 2.04. The third-order valence-electron chi connectivity index (χ3n) is 3.15. The molecule has 5 heteroatoms. The van der Waals surface area contributed by atoms with Gasteiger partial charge < -0.3 is 5.32 Å². The van der Waals surface area contributed by atoms with Crippen molar-refractivity contribution in [2.45, 2.75) is 26.7 Å². The topological polar surface area (TPSA) is 65.8 Å². The average Bonchev–Trinajstić information content (AvgIpc) is 2.87. The van der Waals surface area contributed by atoms with Gasteiger partial charge in [0.2, 0.25) is 0 Å². The van der Waals surface area contributed by atoms with Crippen LogP contribution in [0.3, 0.4) is 0 Å². The lowest BCUT2D eigenvalue weighted by molar-refractivity contribution is 0.0954. The van der Waals surface area contributed by atoms with Gasteiger partial charge >= 0.3 is 0 Å². The van der Waals surface area contributed by atoms with Crippen molar-refractivity contribution in [3.05, 3.63) is 51.0 Å². The van der Waals surface area contributed by atoms with Crippen LogP contribution in [0.25, 0.3) is 0 Å². The van der Waals surface area contributed by atoms with Crippen molar-refractivity contribution in [1.29, 1.82) is 5.26 Å². The second-order valence-electron chi connectivity index (χ2n) is 4.66. The summed E-state index contributed by atoms with van der Waals surface area (Å²) in [6.45, 7) is 4.72. The number of aromatic nitrogens is 1. The molecule has 0 atom stereocenters. The quantitative estimate of drug-likeness (QED) is 0.923. The van der Waals surface area contributed by atoms with Crippen LogP contribution in [0.15, 0.2) is 24.3 Å². The molecule has 0 fully saturated rings. The van der Waals surface area contributed by atoms with E-state index in [2.05, 4.69) is 24.1 Å². The van der Waals surface area contributed by atoms with Crippen molar-refractivity contribution in [3.63, 3.8) is 0 Å². The Labute approximate surface area is 128 Å². The molecule has 0 aliphatic heterocycles. The first-order valence-corrected chi connectivity index (χ1v) is 7.69. The molecule has 2 rings (SSSR count). The van der Waals surface area contributed by atoms with Crippen molar-refractivity contribution in [1.82, 2.24) is 10.3 Å². The monoisotopic (exact) mass is 299 g/mol. The van der Waals surface area contributed by atoms with Crippen LogP contribution in [0, 0.1) is 18.3 Å². The molecule has 0 bridgehead atoms. The molecule has 0 aliphatic carbocycles. The summed E-state index contributed by atoms with van der Waals surface area (Å²) in [5.41, 5.74) is 2.15. The summed E-state index contributed by atoms with van der Waals surface area (Å²) in [7, 11) is 0. The minimum absolute atomic E-state index is 0.156. The van der Waals surface area contributed by atoms with Crippen molar-refractivity contribution in [2.75, 3.05) is 6.54 Å². The van der Waals surface area contributed by atoms with Gasteiger partial charge in [-0.1, -0.05) is 13.0 Å². The summed E-state index contributed by atoms with van der Waals surface area (Å²) in [5, 5.41) is 12.7. The van der Waals surface area contributed by atoms with E-state index in [1.807, 2.05) is 6.07 Å². The Kier molecular flexibility index (Phi) is 5.07. The molecule has 1 aromatic carbocycles. The third-order valence-corrected chi connectivity index (χ3v) is 4.22. The van der Waals surface area contributed by atoms with Gasteiger partial charge in [0.1, 0.15) is 0 Å². The van der Waals surface area contributed by atoms with E-state index in [4.69, 9.17) is 5.26 Å². The standard InChI is InChI=1S/C16H17N3OS/c1-3-14-11(2)21-15(19-14)7-8-18-16(20)13-6-4-5-12(9-13)10-17/h4-6,9H,3,7-8H2,1-2H3,(H,18,20). The molecule has 1 aromatic heterocycles. The summed E-state index contributed by atoms with van der Waals surface area (Å²) in [6, 6.07) is 8.73. The number of thiazole rings is 1. The van der Waals surface area contributed by atoms with Gasteiger partial charge in [-0.3, -0.25) is 4.79 Å². The number of hydrogen-bond donors (Lipinski definition) is 1. The fourth-order valence-corrected chi connectivity index (χ4v) is 3.06. The summed E-state index contributed by atoms with van der Waals surface area (Å²) < 4.78 is 0. The second kappa shape index (κ2) is 7.00. The molecule has 0 spiro atoms. The predicted octanol–water partition coefficient (Wildman–Crippen LogP) is 2.86. The van der Waals surface area contributed by atoms with E-state index < -0.39 is 0 Å². The first-order chi connectivity index (χ1) is 10.1. The van der Waals surface area contributed by atoms with Gasteiger partial charge in [-0.25, -0.2) is 4.98 Å². The number of rotatable bonds is 5. The third kappa shape index (κ3) is 3.89. The van der Waals surface area contributed by atoms with Crippen molar-refractivity contribution in [3.8, 4) is 6.07 Å². The number of carbonyl (C=O) groups is 1. The van der Waals surface area contributed by atoms with E-state index in [0.29, 0.717) is 17.7 Å². The number of carbonyl (C=O) groups excluding carboxylic acids is 1. The summed E-state index contributed by atoms with van der Waals surface area (Å²) in [4.78, 5) is 17.8. The van der Waals surface area contributed by atoms with Crippen LogP contribution in [0.5, 0.6) is 0 Å². The van der Waals surface area contributed by atoms with Crippen LogP contribution >= 0.6 is 11.3 Å². The number of aryl methyl sites for hydroxylation is 2. The number of hydrogen-bond acceptors (Lipinski definition) is 4. The molecule has 0 radical (unpaired) electrons. The zero-order chi connectivity index (χ0) is 15.2. The number of nitrogens with zero attached hydrogens (tertiary/aromatic N) is 2. The molecule has 108 valence electrons. The zero-order valence-corrected chi connectivity index (χ0v) is 13.0. The van der Waals surface area contributed by atoms with E-state index in [1.54, 1.807) is 35.6 Å². The molecular formula is C16H17N3OS. The number of benzene rings is 1. The maximum Gasteiger partial charge on any atom is 0.251 e. The van der Waals surface area contributed by atoms with Crippen LogP contribution < -0.4 is 5.32 Å². The first-order valence-electron chi connectivity index (χ1n) is 6.87. The van der Waals surface area contributed by atoms with Gasteiger partial charge in [-0.2, -0.15) is 5.26 Å². The molecule has 4 nitrogen and oxygen atoms in total. The smallest absolute Gasteiger partial charge is 0.251 e. The lowest BCUT2D eigenvalue weighted by Crippen LogP contribution is -2.25. The second-order valence-corrected chi connectivity index (χ2v) is 5.95. The van der Waals surface area contributed by atoms with Crippen molar-refractivity contribution in [2.24, 2.45) is 0 Å². The Bertz CT molecular complexity index is 685. The van der Waals surface area contributed by atoms with Crippen LogP contribution in [-0.4, -0.2) is 17.4 Å².